The van der Waals surface area contributed by atoms with E-state index in [0.29, 0.717) is 13.0 Å². The molecule has 110 valence electrons. The van der Waals surface area contributed by atoms with E-state index in [2.05, 4.69) is 5.32 Å². The lowest BCUT2D eigenvalue weighted by Crippen LogP contribution is -2.38. The van der Waals surface area contributed by atoms with E-state index < -0.39 is 0 Å². The first-order valence-corrected chi connectivity index (χ1v) is 7.42. The molecule has 0 atom stereocenters. The minimum atomic E-state index is 0.0572. The maximum atomic E-state index is 12.6. The van der Waals surface area contributed by atoms with E-state index in [1.807, 2.05) is 36.9 Å². The molecule has 1 heterocycles. The molecule has 0 saturated carbocycles. The number of hydrogen-bond acceptors (Lipinski definition) is 3. The fourth-order valence-corrected chi connectivity index (χ4v) is 2.61. The fourth-order valence-electron chi connectivity index (χ4n) is 2.61. The molecule has 0 bridgehead atoms. The number of carbonyl (C=O) groups excluding carboxylic acids is 1. The number of benzene rings is 1. The van der Waals surface area contributed by atoms with Crippen molar-refractivity contribution < 1.29 is 9.90 Å². The Morgan fingerprint density at radius 1 is 1.45 bits per heavy atom. The monoisotopic (exact) mass is 276 g/mol. The first kappa shape index (κ1) is 14.9. The smallest absolute Gasteiger partial charge is 0.254 e. The van der Waals surface area contributed by atoms with Crippen LogP contribution in [0.2, 0.25) is 0 Å². The molecule has 0 spiro atoms. The van der Waals surface area contributed by atoms with Gasteiger partial charge in [-0.05, 0) is 56.9 Å². The molecular formula is C16H24N2O2. The van der Waals surface area contributed by atoms with E-state index in [4.69, 9.17) is 5.11 Å². The van der Waals surface area contributed by atoms with Crippen molar-refractivity contribution in [3.8, 4) is 0 Å². The summed E-state index contributed by atoms with van der Waals surface area (Å²) in [6.45, 7) is 5.74. The quantitative estimate of drug-likeness (QED) is 0.867. The number of rotatable bonds is 5. The first-order chi connectivity index (χ1) is 9.63. The highest BCUT2D eigenvalue weighted by molar-refractivity contribution is 5.95. The van der Waals surface area contributed by atoms with Gasteiger partial charge in [0.2, 0.25) is 0 Å². The molecule has 2 N–H and O–H groups in total. The standard InChI is InChI=1S/C16H24N2O2/c1-12(2)18(9-4-10-19)16(20)14-6-7-15-13(11-14)5-3-8-17-15/h6-7,11-12,17,19H,3-5,8-10H2,1-2H3. The number of carbonyl (C=O) groups is 1. The first-order valence-electron chi connectivity index (χ1n) is 7.42. The van der Waals surface area contributed by atoms with Crippen LogP contribution in [0.15, 0.2) is 18.2 Å². The summed E-state index contributed by atoms with van der Waals surface area (Å²) in [5.41, 5.74) is 3.13. The highest BCUT2D eigenvalue weighted by Crippen LogP contribution is 2.23. The van der Waals surface area contributed by atoms with Crippen LogP contribution in [0.1, 0.15) is 42.6 Å². The van der Waals surface area contributed by atoms with Crippen molar-refractivity contribution in [1.29, 1.82) is 0 Å². The maximum absolute atomic E-state index is 12.6. The van der Waals surface area contributed by atoms with Crippen LogP contribution in [0.4, 0.5) is 5.69 Å². The number of nitrogens with zero attached hydrogens (tertiary/aromatic N) is 1. The zero-order chi connectivity index (χ0) is 14.5. The molecule has 0 unspecified atom stereocenters. The molecule has 2 rings (SSSR count). The Hall–Kier alpha value is -1.55. The average Bonchev–Trinajstić information content (AvgIpc) is 2.46. The maximum Gasteiger partial charge on any atom is 0.254 e. The van der Waals surface area contributed by atoms with Crippen LogP contribution >= 0.6 is 0 Å². The summed E-state index contributed by atoms with van der Waals surface area (Å²) < 4.78 is 0. The summed E-state index contributed by atoms with van der Waals surface area (Å²) in [5, 5.41) is 12.3. The van der Waals surface area contributed by atoms with Gasteiger partial charge < -0.3 is 15.3 Å². The Kier molecular flexibility index (Phi) is 5.01. The van der Waals surface area contributed by atoms with Crippen LogP contribution in [0.5, 0.6) is 0 Å². The Balaban J connectivity index is 2.18. The second-order valence-electron chi connectivity index (χ2n) is 5.57. The summed E-state index contributed by atoms with van der Waals surface area (Å²) in [6.07, 6.45) is 2.77. The van der Waals surface area contributed by atoms with Gasteiger partial charge in [-0.25, -0.2) is 0 Å². The van der Waals surface area contributed by atoms with Crippen molar-refractivity contribution >= 4 is 11.6 Å². The van der Waals surface area contributed by atoms with Crippen LogP contribution in [0, 0.1) is 0 Å². The van der Waals surface area contributed by atoms with Crippen LogP contribution in [0.25, 0.3) is 0 Å². The van der Waals surface area contributed by atoms with Crippen molar-refractivity contribution in [2.45, 2.75) is 39.2 Å². The number of hydrogen-bond donors (Lipinski definition) is 2. The predicted octanol–water partition coefficient (Wildman–Crippen LogP) is 2.28. The SMILES string of the molecule is CC(C)N(CCCO)C(=O)c1ccc2c(c1)CCCN2. The lowest BCUT2D eigenvalue weighted by atomic mass is 10.00. The van der Waals surface area contributed by atoms with Crippen molar-refractivity contribution in [3.63, 3.8) is 0 Å². The molecule has 1 aromatic rings. The molecule has 4 heteroatoms. The largest absolute Gasteiger partial charge is 0.396 e. The highest BCUT2D eigenvalue weighted by atomic mass is 16.3. The van der Waals surface area contributed by atoms with Crippen LogP contribution in [-0.4, -0.2) is 41.7 Å². The number of aliphatic hydroxyl groups is 1. The zero-order valence-corrected chi connectivity index (χ0v) is 12.4. The van der Waals surface area contributed by atoms with Gasteiger partial charge >= 0.3 is 0 Å². The van der Waals surface area contributed by atoms with Crippen molar-refractivity contribution in [3.05, 3.63) is 29.3 Å². The van der Waals surface area contributed by atoms with Gasteiger partial charge in [-0.3, -0.25) is 4.79 Å². The number of nitrogens with one attached hydrogen (secondary N) is 1. The van der Waals surface area contributed by atoms with E-state index in [0.717, 1.165) is 30.6 Å². The Morgan fingerprint density at radius 2 is 2.25 bits per heavy atom. The van der Waals surface area contributed by atoms with Crippen molar-refractivity contribution in [2.75, 3.05) is 25.0 Å². The van der Waals surface area contributed by atoms with Gasteiger partial charge in [-0.1, -0.05) is 0 Å². The normalized spacial score (nSPS) is 13.8. The topological polar surface area (TPSA) is 52.6 Å². The summed E-state index contributed by atoms with van der Waals surface area (Å²) in [6, 6.07) is 6.06. The molecule has 20 heavy (non-hydrogen) atoms. The average molecular weight is 276 g/mol. The van der Waals surface area contributed by atoms with Gasteiger partial charge in [-0.15, -0.1) is 0 Å². The second kappa shape index (κ2) is 6.75. The Labute approximate surface area is 120 Å². The number of aliphatic hydroxyl groups excluding tert-OH is 1. The van der Waals surface area contributed by atoms with E-state index in [-0.39, 0.29) is 18.6 Å². The lowest BCUT2D eigenvalue weighted by Gasteiger charge is -2.27. The van der Waals surface area contributed by atoms with Crippen LogP contribution in [0.3, 0.4) is 0 Å². The third-order valence-corrected chi connectivity index (χ3v) is 3.73. The van der Waals surface area contributed by atoms with Gasteiger partial charge in [0.05, 0.1) is 0 Å². The van der Waals surface area contributed by atoms with Gasteiger partial charge in [0, 0.05) is 37.0 Å². The molecule has 1 aromatic carbocycles. The molecule has 1 aliphatic rings. The number of aryl methyl sites for hydroxylation is 1. The van der Waals surface area contributed by atoms with Gasteiger partial charge in [0.15, 0.2) is 0 Å². The molecule has 0 fully saturated rings. The van der Waals surface area contributed by atoms with E-state index >= 15 is 0 Å². The molecule has 0 radical (unpaired) electrons. The third kappa shape index (κ3) is 3.31. The fraction of sp³-hybridized carbons (Fsp3) is 0.562. The number of anilines is 1. The van der Waals surface area contributed by atoms with Gasteiger partial charge in [-0.2, -0.15) is 0 Å². The van der Waals surface area contributed by atoms with E-state index in [1.165, 1.54) is 5.56 Å². The summed E-state index contributed by atoms with van der Waals surface area (Å²) in [7, 11) is 0. The van der Waals surface area contributed by atoms with Gasteiger partial charge in [0.1, 0.15) is 0 Å². The van der Waals surface area contributed by atoms with Crippen molar-refractivity contribution in [1.82, 2.24) is 4.90 Å². The summed E-state index contributed by atoms with van der Waals surface area (Å²) in [5.74, 6) is 0.0572. The summed E-state index contributed by atoms with van der Waals surface area (Å²) >= 11 is 0. The Morgan fingerprint density at radius 3 is 2.95 bits per heavy atom. The highest BCUT2D eigenvalue weighted by Gasteiger charge is 2.20. The molecule has 1 amide bonds. The second-order valence-corrected chi connectivity index (χ2v) is 5.57. The van der Waals surface area contributed by atoms with Gasteiger partial charge in [0.25, 0.3) is 5.91 Å². The Bertz CT molecular complexity index is 472. The van der Waals surface area contributed by atoms with E-state index in [1.54, 1.807) is 0 Å². The molecule has 0 aromatic heterocycles. The molecular weight excluding hydrogens is 252 g/mol. The van der Waals surface area contributed by atoms with Crippen molar-refractivity contribution in [2.24, 2.45) is 0 Å². The number of amides is 1. The third-order valence-electron chi connectivity index (χ3n) is 3.73. The van der Waals surface area contributed by atoms with E-state index in [9.17, 15) is 4.79 Å². The lowest BCUT2D eigenvalue weighted by molar-refractivity contribution is 0.0693. The minimum absolute atomic E-state index is 0.0572. The molecule has 4 nitrogen and oxygen atoms in total. The minimum Gasteiger partial charge on any atom is -0.396 e. The predicted molar refractivity (Wildman–Crippen MR) is 81.1 cm³/mol. The van der Waals surface area contributed by atoms with Crippen LogP contribution < -0.4 is 5.32 Å². The molecule has 0 aliphatic carbocycles. The zero-order valence-electron chi connectivity index (χ0n) is 12.4. The molecule has 1 aliphatic heterocycles. The number of fused-ring (bicyclic) bond motifs is 1. The molecule has 0 saturated heterocycles. The summed E-state index contributed by atoms with van der Waals surface area (Å²) in [4.78, 5) is 14.4. The van der Waals surface area contributed by atoms with Crippen LogP contribution in [-0.2, 0) is 6.42 Å².